The van der Waals surface area contributed by atoms with E-state index in [2.05, 4.69) is 37.6 Å². The second-order valence-electron chi connectivity index (χ2n) is 8.34. The summed E-state index contributed by atoms with van der Waals surface area (Å²) in [7, 11) is 0. The number of nitrogens with two attached hydrogens (primary N) is 2. The van der Waals surface area contributed by atoms with Crippen molar-refractivity contribution in [2.24, 2.45) is 0 Å². The Kier molecular flexibility index (Phi) is 9.61. The predicted octanol–water partition coefficient (Wildman–Crippen LogP) is 4.25. The van der Waals surface area contributed by atoms with Crippen molar-refractivity contribution in [2.75, 3.05) is 11.7 Å². The Hall–Kier alpha value is -2.54. The maximum atomic E-state index is 6.08. The van der Waals surface area contributed by atoms with Crippen molar-refractivity contribution in [3.63, 3.8) is 0 Å². The van der Waals surface area contributed by atoms with Crippen LogP contribution < -0.4 is 11.7 Å². The topological polar surface area (TPSA) is 150 Å². The summed E-state index contributed by atoms with van der Waals surface area (Å²) in [5.74, 6) is 12.9. The second kappa shape index (κ2) is 12.6. The molecule has 3 aromatic heterocycles. The van der Waals surface area contributed by atoms with Gasteiger partial charge in [0.1, 0.15) is 5.69 Å². The third-order valence-electron chi connectivity index (χ3n) is 5.79. The van der Waals surface area contributed by atoms with E-state index < -0.39 is 0 Å². The molecule has 0 fully saturated rings. The van der Waals surface area contributed by atoms with Gasteiger partial charge in [0.05, 0.1) is 0 Å². The number of aromatic nitrogens is 9. The molecule has 182 valence electrons. The van der Waals surface area contributed by atoms with Crippen molar-refractivity contribution in [3.8, 4) is 23.0 Å². The van der Waals surface area contributed by atoms with Crippen molar-refractivity contribution in [2.45, 2.75) is 90.5 Å². The maximum absolute atomic E-state index is 6.08. The van der Waals surface area contributed by atoms with Crippen LogP contribution in [-0.4, -0.2) is 44.7 Å². The number of unbranched alkanes of at least 4 members (excludes halogenated alkanes) is 11. The van der Waals surface area contributed by atoms with E-state index in [0.717, 1.165) is 12.8 Å². The van der Waals surface area contributed by atoms with Crippen LogP contribution in [-0.2, 0) is 6.54 Å². The van der Waals surface area contributed by atoms with Gasteiger partial charge in [0, 0.05) is 6.54 Å². The van der Waals surface area contributed by atoms with E-state index in [0.29, 0.717) is 34.4 Å². The summed E-state index contributed by atoms with van der Waals surface area (Å²) >= 11 is 10.3. The SMILES string of the molecule is CCCCCCCCCCCCCCn1nnc(-c2n[nH]c(=S)n2N)c1-c1n[nH]c(=S)n1N. The lowest BCUT2D eigenvalue weighted by Crippen LogP contribution is -2.14. The number of aryl methyl sites for hydroxylation is 1. The Bertz CT molecular complexity index is 1100. The molecule has 3 aromatic rings. The van der Waals surface area contributed by atoms with Crippen molar-refractivity contribution >= 4 is 24.4 Å². The minimum absolute atomic E-state index is 0.276. The zero-order chi connectivity index (χ0) is 23.6. The summed E-state index contributed by atoms with van der Waals surface area (Å²) in [5.41, 5.74) is 1.03. The molecule has 0 spiro atoms. The number of nitrogens with one attached hydrogen (secondary N) is 2. The Labute approximate surface area is 203 Å². The standard InChI is InChI=1S/C20H35N11S2/c1-2-3-4-5-6-7-8-9-10-11-12-13-14-29-16(18-25-27-20(33)31(18)22)15(23-28-29)17-24-26-19(32)30(17)21/h2-14,21-22H2,1H3,(H,26,32)(H,27,33). The Morgan fingerprint density at radius 3 is 1.70 bits per heavy atom. The average molecular weight is 494 g/mol. The van der Waals surface area contributed by atoms with Gasteiger partial charge >= 0.3 is 0 Å². The van der Waals surface area contributed by atoms with Gasteiger partial charge in [-0.1, -0.05) is 82.8 Å². The summed E-state index contributed by atoms with van der Waals surface area (Å²) in [5, 5.41) is 22.4. The molecule has 6 N–H and O–H groups in total. The van der Waals surface area contributed by atoms with Crippen LogP contribution in [0.25, 0.3) is 23.0 Å². The van der Waals surface area contributed by atoms with Crippen molar-refractivity contribution in [1.29, 1.82) is 0 Å². The Balaban J connectivity index is 1.54. The lowest BCUT2D eigenvalue weighted by molar-refractivity contribution is 0.507. The van der Waals surface area contributed by atoms with Gasteiger partial charge in [-0.05, 0) is 30.9 Å². The van der Waals surface area contributed by atoms with Crippen molar-refractivity contribution in [1.82, 2.24) is 44.7 Å². The van der Waals surface area contributed by atoms with E-state index in [1.807, 2.05) is 0 Å². The maximum Gasteiger partial charge on any atom is 0.214 e. The van der Waals surface area contributed by atoms with Gasteiger partial charge in [-0.25, -0.2) is 24.2 Å². The van der Waals surface area contributed by atoms with Gasteiger partial charge in [0.15, 0.2) is 5.69 Å². The first-order chi connectivity index (χ1) is 16.0. The minimum Gasteiger partial charge on any atom is -0.335 e. The molecular weight excluding hydrogens is 458 g/mol. The molecule has 3 heterocycles. The molecule has 0 aliphatic heterocycles. The van der Waals surface area contributed by atoms with E-state index in [9.17, 15) is 0 Å². The number of nitrogen functional groups attached to an aromatic ring is 2. The van der Waals surface area contributed by atoms with Gasteiger partial charge in [-0.3, -0.25) is 0 Å². The zero-order valence-corrected chi connectivity index (χ0v) is 20.9. The highest BCUT2D eigenvalue weighted by Gasteiger charge is 2.24. The van der Waals surface area contributed by atoms with Crippen LogP contribution >= 0.6 is 24.4 Å². The molecule has 0 aliphatic rings. The highest BCUT2D eigenvalue weighted by Crippen LogP contribution is 2.27. The van der Waals surface area contributed by atoms with E-state index in [1.165, 1.54) is 73.6 Å². The van der Waals surface area contributed by atoms with E-state index in [1.54, 1.807) is 4.68 Å². The van der Waals surface area contributed by atoms with Gasteiger partial charge in [0.25, 0.3) is 0 Å². The van der Waals surface area contributed by atoms with Crippen LogP contribution in [0.15, 0.2) is 0 Å². The first kappa shape index (κ1) is 25.1. The number of hydrogen-bond acceptors (Lipinski definition) is 8. The second-order valence-corrected chi connectivity index (χ2v) is 9.12. The highest BCUT2D eigenvalue weighted by atomic mass is 32.1. The quantitative estimate of drug-likeness (QED) is 0.139. The average Bonchev–Trinajstić information content (AvgIpc) is 3.47. The Morgan fingerprint density at radius 2 is 1.21 bits per heavy atom. The summed E-state index contributed by atoms with van der Waals surface area (Å²) in [6, 6.07) is 0. The minimum atomic E-state index is 0.276. The molecule has 0 saturated heterocycles. The summed E-state index contributed by atoms with van der Waals surface area (Å²) in [6.45, 7) is 2.94. The van der Waals surface area contributed by atoms with E-state index in [4.69, 9.17) is 36.1 Å². The molecule has 0 aromatic carbocycles. The first-order valence-electron chi connectivity index (χ1n) is 11.8. The molecule has 0 atom stereocenters. The largest absolute Gasteiger partial charge is 0.335 e. The van der Waals surface area contributed by atoms with Gasteiger partial charge in [-0.15, -0.1) is 5.10 Å². The van der Waals surface area contributed by atoms with Gasteiger partial charge < -0.3 is 11.7 Å². The van der Waals surface area contributed by atoms with Crippen molar-refractivity contribution < 1.29 is 0 Å². The lowest BCUT2D eigenvalue weighted by atomic mass is 10.1. The Morgan fingerprint density at radius 1 is 0.727 bits per heavy atom. The smallest absolute Gasteiger partial charge is 0.214 e. The number of rotatable bonds is 15. The van der Waals surface area contributed by atoms with Crippen LogP contribution in [0.5, 0.6) is 0 Å². The molecule has 33 heavy (non-hydrogen) atoms. The van der Waals surface area contributed by atoms with Crippen LogP contribution in [0.3, 0.4) is 0 Å². The number of hydrogen-bond donors (Lipinski definition) is 4. The molecule has 3 rings (SSSR count). The highest BCUT2D eigenvalue weighted by molar-refractivity contribution is 7.71. The molecular formula is C20H35N11S2. The molecule has 0 amide bonds. The monoisotopic (exact) mass is 493 g/mol. The van der Waals surface area contributed by atoms with Gasteiger partial charge in [0.2, 0.25) is 21.2 Å². The van der Waals surface area contributed by atoms with Crippen LogP contribution in [0.2, 0.25) is 0 Å². The van der Waals surface area contributed by atoms with E-state index >= 15 is 0 Å². The molecule has 0 bridgehead atoms. The zero-order valence-electron chi connectivity index (χ0n) is 19.3. The van der Waals surface area contributed by atoms with E-state index in [-0.39, 0.29) is 4.77 Å². The lowest BCUT2D eigenvalue weighted by Gasteiger charge is -2.07. The fourth-order valence-corrected chi connectivity index (χ4v) is 4.15. The normalized spacial score (nSPS) is 11.4. The van der Waals surface area contributed by atoms with Crippen LogP contribution in [0.4, 0.5) is 0 Å². The summed E-state index contributed by atoms with van der Waals surface area (Å²) in [4.78, 5) is 0. The summed E-state index contributed by atoms with van der Waals surface area (Å²) in [6.07, 6.45) is 15.4. The van der Waals surface area contributed by atoms with Crippen LogP contribution in [0.1, 0.15) is 84.0 Å². The molecule has 11 nitrogen and oxygen atoms in total. The fraction of sp³-hybridized carbons (Fsp3) is 0.700. The fourth-order valence-electron chi connectivity index (χ4n) is 3.89. The summed E-state index contributed by atoms with van der Waals surface area (Å²) < 4.78 is 4.88. The first-order valence-corrected chi connectivity index (χ1v) is 12.7. The number of nitrogens with zero attached hydrogens (tertiary/aromatic N) is 7. The third kappa shape index (κ3) is 6.50. The molecule has 0 radical (unpaired) electrons. The molecule has 0 saturated carbocycles. The molecule has 13 heteroatoms. The van der Waals surface area contributed by atoms with Crippen molar-refractivity contribution in [3.05, 3.63) is 9.54 Å². The third-order valence-corrected chi connectivity index (χ3v) is 6.37. The van der Waals surface area contributed by atoms with Crippen LogP contribution in [0, 0.1) is 9.54 Å². The molecule has 0 unspecified atom stereocenters. The number of aromatic amines is 2. The van der Waals surface area contributed by atoms with Gasteiger partial charge in [-0.2, -0.15) is 10.2 Å². The molecule has 0 aliphatic carbocycles. The predicted molar refractivity (Wildman–Crippen MR) is 134 cm³/mol. The number of H-pyrrole nitrogens is 2.